The van der Waals surface area contributed by atoms with Gasteiger partial charge in [-0.05, 0) is 30.1 Å². The molecule has 1 aromatic carbocycles. The van der Waals surface area contributed by atoms with E-state index in [2.05, 4.69) is 0 Å². The fraction of sp³-hybridized carbons (Fsp3) is 0.467. The Morgan fingerprint density at radius 3 is 2.25 bits per heavy atom. The Balaban J connectivity index is 3.59. The van der Waals surface area contributed by atoms with Crippen molar-refractivity contribution in [2.75, 3.05) is 7.11 Å². The SMILES string of the molecule is COC(=O)c1ccc(C(C)(C)C)c(C=O)c1O[SiH](C)C. The highest BCUT2D eigenvalue weighted by molar-refractivity contribution is 6.49. The standard InChI is InChI=1S/C15H22O4Si/c1-15(2,3)12-8-7-10(14(17)18-4)13(11(12)9-16)19-20(5)6/h7-9,20H,1-6H3. The van der Waals surface area contributed by atoms with Crippen LogP contribution in [-0.4, -0.2) is 28.4 Å². The van der Waals surface area contributed by atoms with Crippen molar-refractivity contribution < 1.29 is 18.8 Å². The minimum Gasteiger partial charge on any atom is -0.546 e. The van der Waals surface area contributed by atoms with E-state index in [0.717, 1.165) is 11.8 Å². The number of rotatable bonds is 4. The molecule has 0 unspecified atom stereocenters. The summed E-state index contributed by atoms with van der Waals surface area (Å²) in [4.78, 5) is 23.4. The predicted molar refractivity (Wildman–Crippen MR) is 81.4 cm³/mol. The van der Waals surface area contributed by atoms with Crippen molar-refractivity contribution in [3.8, 4) is 5.75 Å². The summed E-state index contributed by atoms with van der Waals surface area (Å²) in [6.07, 6.45) is 0.763. The maximum absolute atomic E-state index is 11.8. The Morgan fingerprint density at radius 2 is 1.85 bits per heavy atom. The second kappa shape index (κ2) is 6.22. The lowest BCUT2D eigenvalue weighted by atomic mass is 9.83. The zero-order chi connectivity index (χ0) is 15.5. The third kappa shape index (κ3) is 3.48. The Bertz CT molecular complexity index is 515. The maximum Gasteiger partial charge on any atom is 0.341 e. The van der Waals surface area contributed by atoms with Gasteiger partial charge in [0.15, 0.2) is 6.29 Å². The van der Waals surface area contributed by atoms with Gasteiger partial charge in [-0.15, -0.1) is 0 Å². The molecule has 0 saturated carbocycles. The summed E-state index contributed by atoms with van der Waals surface area (Å²) in [5.41, 5.74) is 1.41. The van der Waals surface area contributed by atoms with Crippen LogP contribution in [-0.2, 0) is 10.2 Å². The fourth-order valence-corrected chi connectivity index (χ4v) is 2.73. The number of methoxy groups -OCH3 is 1. The Morgan fingerprint density at radius 1 is 1.25 bits per heavy atom. The highest BCUT2D eigenvalue weighted by Crippen LogP contribution is 2.34. The van der Waals surface area contributed by atoms with Crippen LogP contribution in [0.2, 0.25) is 13.1 Å². The van der Waals surface area contributed by atoms with E-state index in [1.54, 1.807) is 12.1 Å². The average molecular weight is 294 g/mol. The predicted octanol–water partition coefficient (Wildman–Crippen LogP) is 2.95. The minimum absolute atomic E-state index is 0.207. The molecule has 4 nitrogen and oxygen atoms in total. The van der Waals surface area contributed by atoms with Crippen LogP contribution in [0.15, 0.2) is 12.1 Å². The van der Waals surface area contributed by atoms with Gasteiger partial charge in [-0.2, -0.15) is 0 Å². The number of esters is 1. The van der Waals surface area contributed by atoms with Crippen molar-refractivity contribution in [2.24, 2.45) is 0 Å². The van der Waals surface area contributed by atoms with Gasteiger partial charge >= 0.3 is 5.97 Å². The van der Waals surface area contributed by atoms with E-state index in [4.69, 9.17) is 9.16 Å². The monoisotopic (exact) mass is 294 g/mol. The molecule has 1 aromatic rings. The first kappa shape index (κ1) is 16.4. The first-order valence-corrected chi connectivity index (χ1v) is 9.38. The van der Waals surface area contributed by atoms with Gasteiger partial charge in [-0.3, -0.25) is 4.79 Å². The van der Waals surface area contributed by atoms with Crippen molar-refractivity contribution in [2.45, 2.75) is 39.3 Å². The quantitative estimate of drug-likeness (QED) is 0.487. The van der Waals surface area contributed by atoms with Crippen LogP contribution in [0, 0.1) is 0 Å². The van der Waals surface area contributed by atoms with Crippen LogP contribution >= 0.6 is 0 Å². The molecule has 1 rings (SSSR count). The second-order valence-corrected chi connectivity index (χ2v) is 8.26. The van der Waals surface area contributed by atoms with Crippen molar-refractivity contribution >= 4 is 21.3 Å². The molecule has 20 heavy (non-hydrogen) atoms. The van der Waals surface area contributed by atoms with Gasteiger partial charge in [0.05, 0.1) is 12.7 Å². The zero-order valence-electron chi connectivity index (χ0n) is 12.9. The molecule has 0 aliphatic rings. The van der Waals surface area contributed by atoms with E-state index in [1.807, 2.05) is 33.9 Å². The van der Waals surface area contributed by atoms with Gasteiger partial charge in [0.1, 0.15) is 11.3 Å². The summed E-state index contributed by atoms with van der Waals surface area (Å²) in [5, 5.41) is 0. The molecule has 0 heterocycles. The Kier molecular flexibility index (Phi) is 5.11. The molecule has 0 amide bonds. The van der Waals surface area contributed by atoms with E-state index < -0.39 is 15.0 Å². The van der Waals surface area contributed by atoms with Crippen LogP contribution in [0.25, 0.3) is 0 Å². The van der Waals surface area contributed by atoms with Crippen molar-refractivity contribution in [3.05, 3.63) is 28.8 Å². The number of carbonyl (C=O) groups is 2. The van der Waals surface area contributed by atoms with Crippen LogP contribution < -0.4 is 4.43 Å². The lowest BCUT2D eigenvalue weighted by Gasteiger charge is -2.24. The molecule has 0 aliphatic carbocycles. The van der Waals surface area contributed by atoms with Gasteiger partial charge in [0.2, 0.25) is 9.04 Å². The van der Waals surface area contributed by atoms with Crippen LogP contribution in [0.3, 0.4) is 0 Å². The lowest BCUT2D eigenvalue weighted by Crippen LogP contribution is -2.20. The average Bonchev–Trinajstić information content (AvgIpc) is 2.35. The second-order valence-electron chi connectivity index (χ2n) is 5.93. The number of hydrogen-bond donors (Lipinski definition) is 0. The number of benzene rings is 1. The summed E-state index contributed by atoms with van der Waals surface area (Å²) in [5.74, 6) is -0.126. The molecular formula is C15H22O4Si. The molecule has 110 valence electrons. The molecular weight excluding hydrogens is 272 g/mol. The van der Waals surface area contributed by atoms with Gasteiger partial charge in [-0.1, -0.05) is 26.8 Å². The van der Waals surface area contributed by atoms with E-state index in [-0.39, 0.29) is 5.41 Å². The molecule has 0 N–H and O–H groups in total. The van der Waals surface area contributed by atoms with Gasteiger partial charge < -0.3 is 9.16 Å². The van der Waals surface area contributed by atoms with Crippen LogP contribution in [0.4, 0.5) is 0 Å². The number of ether oxygens (including phenoxy) is 1. The Labute approximate surface area is 121 Å². The van der Waals surface area contributed by atoms with E-state index in [9.17, 15) is 9.59 Å². The smallest absolute Gasteiger partial charge is 0.341 e. The number of carbonyl (C=O) groups excluding carboxylic acids is 2. The summed E-state index contributed by atoms with van der Waals surface area (Å²) < 4.78 is 10.6. The minimum atomic E-state index is -1.46. The van der Waals surface area contributed by atoms with Gasteiger partial charge in [0.25, 0.3) is 0 Å². The molecule has 0 fully saturated rings. The summed E-state index contributed by atoms with van der Waals surface area (Å²) in [7, 11) is -0.144. The number of aldehydes is 1. The molecule has 0 aliphatic heterocycles. The van der Waals surface area contributed by atoms with Gasteiger partial charge in [0, 0.05) is 0 Å². The summed E-state index contributed by atoms with van der Waals surface area (Å²) in [6, 6.07) is 3.47. The highest BCUT2D eigenvalue weighted by atomic mass is 28.3. The third-order valence-electron chi connectivity index (χ3n) is 2.88. The largest absolute Gasteiger partial charge is 0.546 e. The summed E-state index contributed by atoms with van der Waals surface area (Å²) in [6.45, 7) is 10.0. The molecule has 0 aromatic heterocycles. The normalized spacial score (nSPS) is 11.3. The first-order valence-electron chi connectivity index (χ1n) is 6.60. The van der Waals surface area contributed by atoms with Crippen LogP contribution in [0.5, 0.6) is 5.75 Å². The first-order chi connectivity index (χ1) is 9.22. The van der Waals surface area contributed by atoms with E-state index in [0.29, 0.717) is 16.9 Å². The van der Waals surface area contributed by atoms with E-state index in [1.165, 1.54) is 7.11 Å². The fourth-order valence-electron chi connectivity index (χ4n) is 2.00. The van der Waals surface area contributed by atoms with E-state index >= 15 is 0 Å². The highest BCUT2D eigenvalue weighted by Gasteiger charge is 2.25. The third-order valence-corrected chi connectivity index (χ3v) is 3.59. The number of hydrogen-bond acceptors (Lipinski definition) is 4. The topological polar surface area (TPSA) is 52.6 Å². The maximum atomic E-state index is 11.8. The van der Waals surface area contributed by atoms with Gasteiger partial charge in [-0.25, -0.2) is 4.79 Å². The lowest BCUT2D eigenvalue weighted by molar-refractivity contribution is 0.0598. The van der Waals surface area contributed by atoms with Crippen molar-refractivity contribution in [1.29, 1.82) is 0 Å². The molecule has 0 atom stereocenters. The molecule has 5 heteroatoms. The molecule has 0 saturated heterocycles. The molecule has 0 radical (unpaired) electrons. The molecule has 0 bridgehead atoms. The Hall–Kier alpha value is -1.62. The van der Waals surface area contributed by atoms with Crippen molar-refractivity contribution in [3.63, 3.8) is 0 Å². The van der Waals surface area contributed by atoms with Crippen LogP contribution in [0.1, 0.15) is 47.1 Å². The van der Waals surface area contributed by atoms with Crippen molar-refractivity contribution in [1.82, 2.24) is 0 Å². The zero-order valence-corrected chi connectivity index (χ0v) is 14.1. The molecule has 0 spiro atoms. The summed E-state index contributed by atoms with van der Waals surface area (Å²) >= 11 is 0.